The molecule has 0 aromatic carbocycles. The summed E-state index contributed by atoms with van der Waals surface area (Å²) in [5.41, 5.74) is 0.465. The number of allylic oxidation sites excluding steroid dienone is 2. The fourth-order valence-electron chi connectivity index (χ4n) is 0.471. The van der Waals surface area contributed by atoms with E-state index in [-0.39, 0.29) is 7.43 Å². The van der Waals surface area contributed by atoms with Gasteiger partial charge < -0.3 is 0 Å². The third kappa shape index (κ3) is 11.4. The van der Waals surface area contributed by atoms with Gasteiger partial charge in [-0.25, -0.2) is 0 Å². The van der Waals surface area contributed by atoms with Gasteiger partial charge in [0.25, 0.3) is 0 Å². The van der Waals surface area contributed by atoms with Crippen LogP contribution >= 0.6 is 0 Å². The molecule has 0 rings (SSSR count). The minimum atomic E-state index is 0. The molecule has 0 aliphatic carbocycles. The maximum absolute atomic E-state index is 2.24. The maximum Gasteiger partial charge on any atom is -0.0302 e. The predicted octanol–water partition coefficient (Wildman–Crippen LogP) is 3.63. The molecule has 0 heteroatoms. The second kappa shape index (κ2) is 4.60. The lowest BCUT2D eigenvalue weighted by Crippen LogP contribution is -2.01. The zero-order valence-corrected chi connectivity index (χ0v) is 6.36. The van der Waals surface area contributed by atoms with Crippen molar-refractivity contribution in [2.24, 2.45) is 5.41 Å². The fourth-order valence-corrected chi connectivity index (χ4v) is 0.471. The van der Waals surface area contributed by atoms with Gasteiger partial charge in [0, 0.05) is 0 Å². The minimum Gasteiger partial charge on any atom is -0.0916 e. The van der Waals surface area contributed by atoms with Gasteiger partial charge in [0.2, 0.25) is 0 Å². The second-order valence-electron chi connectivity index (χ2n) is 3.33. The molecule has 0 amide bonds. The summed E-state index contributed by atoms with van der Waals surface area (Å²) < 4.78 is 0. The monoisotopic (exact) mass is 128 g/mol. The van der Waals surface area contributed by atoms with Crippen LogP contribution in [-0.4, -0.2) is 0 Å². The van der Waals surface area contributed by atoms with Crippen LogP contribution in [0, 0.1) is 5.41 Å². The van der Waals surface area contributed by atoms with E-state index in [1.165, 1.54) is 6.42 Å². The highest BCUT2D eigenvalue weighted by molar-refractivity contribution is 4.82. The summed E-state index contributed by atoms with van der Waals surface area (Å²) >= 11 is 0. The van der Waals surface area contributed by atoms with Crippen molar-refractivity contribution in [3.05, 3.63) is 12.2 Å². The predicted molar refractivity (Wildman–Crippen MR) is 45.6 cm³/mol. The van der Waals surface area contributed by atoms with Crippen LogP contribution in [-0.2, 0) is 0 Å². The molecule has 0 spiro atoms. The van der Waals surface area contributed by atoms with Gasteiger partial charge in [-0.05, 0) is 18.8 Å². The molecule has 56 valence electrons. The quantitative estimate of drug-likeness (QED) is 0.473. The number of hydrogen-bond donors (Lipinski definition) is 0. The molecule has 0 saturated carbocycles. The summed E-state index contributed by atoms with van der Waals surface area (Å²) in [6.07, 6.45) is 5.49. The Hall–Kier alpha value is -0.260. The third-order valence-corrected chi connectivity index (χ3v) is 0.966. The Morgan fingerprint density at radius 1 is 1.22 bits per heavy atom. The largest absolute Gasteiger partial charge is 0.0916 e. The SMILES string of the molecule is C.CC=CCC(C)(C)C. The normalized spacial score (nSPS) is 11.6. The summed E-state index contributed by atoms with van der Waals surface area (Å²) in [4.78, 5) is 0. The van der Waals surface area contributed by atoms with Gasteiger partial charge in [-0.15, -0.1) is 0 Å². The topological polar surface area (TPSA) is 0 Å². The zero-order valence-electron chi connectivity index (χ0n) is 6.36. The summed E-state index contributed by atoms with van der Waals surface area (Å²) in [6, 6.07) is 0. The van der Waals surface area contributed by atoms with Crippen LogP contribution in [0.3, 0.4) is 0 Å². The van der Waals surface area contributed by atoms with Gasteiger partial charge in [-0.1, -0.05) is 40.3 Å². The van der Waals surface area contributed by atoms with Crippen LogP contribution in [0.15, 0.2) is 12.2 Å². The Morgan fingerprint density at radius 3 is 1.78 bits per heavy atom. The summed E-state index contributed by atoms with van der Waals surface area (Å²) in [6.45, 7) is 8.79. The van der Waals surface area contributed by atoms with Crippen molar-refractivity contribution >= 4 is 0 Å². The van der Waals surface area contributed by atoms with E-state index in [4.69, 9.17) is 0 Å². The van der Waals surface area contributed by atoms with E-state index >= 15 is 0 Å². The number of hydrogen-bond acceptors (Lipinski definition) is 0. The number of rotatable bonds is 1. The molecule has 0 N–H and O–H groups in total. The molecule has 0 radical (unpaired) electrons. The first-order chi connectivity index (χ1) is 3.56. The molecule has 0 bridgehead atoms. The van der Waals surface area contributed by atoms with Crippen molar-refractivity contribution in [3.8, 4) is 0 Å². The van der Waals surface area contributed by atoms with Gasteiger partial charge in [0.15, 0.2) is 0 Å². The van der Waals surface area contributed by atoms with Crippen LogP contribution in [0.5, 0.6) is 0 Å². The lowest BCUT2D eigenvalue weighted by molar-refractivity contribution is 0.420. The molecular weight excluding hydrogens is 108 g/mol. The molecule has 0 unspecified atom stereocenters. The van der Waals surface area contributed by atoms with Crippen molar-refractivity contribution in [1.29, 1.82) is 0 Å². The summed E-state index contributed by atoms with van der Waals surface area (Å²) in [5, 5.41) is 0. The van der Waals surface area contributed by atoms with E-state index in [0.717, 1.165) is 0 Å². The Balaban J connectivity index is 0. The molecule has 0 aromatic heterocycles. The molecule has 0 fully saturated rings. The molecule has 0 atom stereocenters. The van der Waals surface area contributed by atoms with Crippen molar-refractivity contribution in [2.75, 3.05) is 0 Å². The first kappa shape index (κ1) is 11.5. The van der Waals surface area contributed by atoms with Crippen molar-refractivity contribution in [2.45, 2.75) is 41.5 Å². The molecule has 0 aliphatic rings. The van der Waals surface area contributed by atoms with E-state index < -0.39 is 0 Å². The molecule has 0 aromatic rings. The van der Waals surface area contributed by atoms with Crippen molar-refractivity contribution in [3.63, 3.8) is 0 Å². The molecule has 0 saturated heterocycles. The highest BCUT2D eigenvalue weighted by atomic mass is 14.1. The van der Waals surface area contributed by atoms with Gasteiger partial charge in [-0.2, -0.15) is 0 Å². The van der Waals surface area contributed by atoms with Gasteiger partial charge in [0.05, 0.1) is 0 Å². The lowest BCUT2D eigenvalue weighted by atomic mass is 9.92. The summed E-state index contributed by atoms with van der Waals surface area (Å²) in [7, 11) is 0. The van der Waals surface area contributed by atoms with E-state index in [1.54, 1.807) is 0 Å². The van der Waals surface area contributed by atoms with Gasteiger partial charge in [0.1, 0.15) is 0 Å². The van der Waals surface area contributed by atoms with Crippen LogP contribution in [0.4, 0.5) is 0 Å². The van der Waals surface area contributed by atoms with E-state index in [1.807, 2.05) is 0 Å². The highest BCUT2D eigenvalue weighted by Gasteiger charge is 2.05. The van der Waals surface area contributed by atoms with Crippen LogP contribution in [0.1, 0.15) is 41.5 Å². The average Bonchev–Trinajstić information content (AvgIpc) is 1.59. The Labute approximate surface area is 60.0 Å². The standard InChI is InChI=1S/C8H16.CH4/c1-5-6-7-8(2,3)4;/h5-6H,7H2,1-4H3;1H4. The first-order valence-corrected chi connectivity index (χ1v) is 3.17. The second-order valence-corrected chi connectivity index (χ2v) is 3.33. The Morgan fingerprint density at radius 2 is 1.67 bits per heavy atom. The minimum absolute atomic E-state index is 0. The zero-order chi connectivity index (χ0) is 6.62. The van der Waals surface area contributed by atoms with Crippen LogP contribution in [0.2, 0.25) is 0 Å². The van der Waals surface area contributed by atoms with Crippen LogP contribution in [0.25, 0.3) is 0 Å². The third-order valence-electron chi connectivity index (χ3n) is 0.966. The van der Waals surface area contributed by atoms with Crippen molar-refractivity contribution < 1.29 is 0 Å². The lowest BCUT2D eigenvalue weighted by Gasteiger charge is -2.13. The maximum atomic E-state index is 2.24. The van der Waals surface area contributed by atoms with Gasteiger partial charge in [-0.3, -0.25) is 0 Å². The molecule has 9 heavy (non-hydrogen) atoms. The van der Waals surface area contributed by atoms with E-state index in [2.05, 4.69) is 39.8 Å². The van der Waals surface area contributed by atoms with Gasteiger partial charge >= 0.3 is 0 Å². The smallest absolute Gasteiger partial charge is 0.0302 e. The first-order valence-electron chi connectivity index (χ1n) is 3.17. The summed E-state index contributed by atoms with van der Waals surface area (Å²) in [5.74, 6) is 0. The molecule has 0 heterocycles. The Kier molecular flexibility index (Phi) is 5.89. The highest BCUT2D eigenvalue weighted by Crippen LogP contribution is 2.18. The molecule has 0 nitrogen and oxygen atoms in total. The van der Waals surface area contributed by atoms with Crippen molar-refractivity contribution in [1.82, 2.24) is 0 Å². The fraction of sp³-hybridized carbons (Fsp3) is 0.778. The molecule has 0 aliphatic heterocycles. The van der Waals surface area contributed by atoms with E-state index in [0.29, 0.717) is 5.41 Å². The van der Waals surface area contributed by atoms with E-state index in [9.17, 15) is 0 Å². The van der Waals surface area contributed by atoms with Crippen LogP contribution < -0.4 is 0 Å². The Bertz CT molecular complexity index is 72.5. The average molecular weight is 128 g/mol. The molecular formula is C9H20.